The number of carbonyl (C=O) groups excluding carboxylic acids is 3. The van der Waals surface area contributed by atoms with Crippen LogP contribution in [0.25, 0.3) is 11.1 Å². The van der Waals surface area contributed by atoms with Crippen LogP contribution in [-0.2, 0) is 14.3 Å². The van der Waals surface area contributed by atoms with Crippen molar-refractivity contribution >= 4 is 51.6 Å². The Morgan fingerprint density at radius 2 is 1.81 bits per heavy atom. The van der Waals surface area contributed by atoms with Crippen molar-refractivity contribution in [3.05, 3.63) is 65.5 Å². The summed E-state index contributed by atoms with van der Waals surface area (Å²) < 4.78 is 5.22. The molecular formula is C23H22N2O4S2. The zero-order valence-electron chi connectivity index (χ0n) is 17.1. The third-order valence-corrected chi connectivity index (χ3v) is 6.02. The van der Waals surface area contributed by atoms with E-state index in [1.54, 1.807) is 13.0 Å². The van der Waals surface area contributed by atoms with Gasteiger partial charge in [0.05, 0.1) is 12.4 Å². The number of thiophene rings is 1. The van der Waals surface area contributed by atoms with Crippen LogP contribution < -0.4 is 10.6 Å². The van der Waals surface area contributed by atoms with Crippen LogP contribution in [0, 0.1) is 0 Å². The van der Waals surface area contributed by atoms with Gasteiger partial charge in [-0.1, -0.05) is 36.4 Å². The second-order valence-corrected chi connectivity index (χ2v) is 8.41. The third-order valence-electron chi connectivity index (χ3n) is 4.13. The van der Waals surface area contributed by atoms with Gasteiger partial charge in [-0.05, 0) is 30.7 Å². The number of esters is 1. The summed E-state index contributed by atoms with van der Waals surface area (Å²) in [5.74, 6) is -0.696. The van der Waals surface area contributed by atoms with E-state index in [-0.39, 0.29) is 24.2 Å². The molecule has 160 valence electrons. The quantitative estimate of drug-likeness (QED) is 0.357. The Balaban J connectivity index is 1.73. The van der Waals surface area contributed by atoms with E-state index in [1.165, 1.54) is 30.0 Å². The lowest BCUT2D eigenvalue weighted by Crippen LogP contribution is -2.16. The lowest BCUT2D eigenvalue weighted by atomic mass is 10.0. The summed E-state index contributed by atoms with van der Waals surface area (Å²) in [6.45, 7) is 3.44. The average molecular weight is 455 g/mol. The first-order valence-electron chi connectivity index (χ1n) is 9.62. The maximum Gasteiger partial charge on any atom is 0.341 e. The minimum Gasteiger partial charge on any atom is -0.462 e. The summed E-state index contributed by atoms with van der Waals surface area (Å²) in [4.78, 5) is 37.2. The Labute approximate surface area is 189 Å². The van der Waals surface area contributed by atoms with Crippen LogP contribution >= 0.6 is 23.1 Å². The number of thioether (sulfide) groups is 1. The minimum atomic E-state index is -0.464. The highest BCUT2D eigenvalue weighted by molar-refractivity contribution is 8.00. The fraction of sp³-hybridized carbons (Fsp3) is 0.174. The maximum atomic E-state index is 12.6. The first kappa shape index (κ1) is 22.6. The predicted octanol–water partition coefficient (Wildman–Crippen LogP) is 5.28. The molecule has 2 aromatic carbocycles. The molecule has 3 aromatic rings. The SMILES string of the molecule is CCOC(=O)c1c(-c2ccccc2)csc1NC(=O)CSc1cccc(NC(C)=O)c1. The number of carbonyl (C=O) groups is 3. The minimum absolute atomic E-state index is 0.154. The smallest absolute Gasteiger partial charge is 0.341 e. The number of amides is 2. The van der Waals surface area contributed by atoms with Crippen LogP contribution in [0.3, 0.4) is 0 Å². The van der Waals surface area contributed by atoms with Crippen LogP contribution in [0.15, 0.2) is 64.9 Å². The molecule has 8 heteroatoms. The van der Waals surface area contributed by atoms with Gasteiger partial charge in [-0.3, -0.25) is 9.59 Å². The molecule has 31 heavy (non-hydrogen) atoms. The van der Waals surface area contributed by atoms with Gasteiger partial charge in [-0.2, -0.15) is 0 Å². The van der Waals surface area contributed by atoms with Crippen LogP contribution in [0.5, 0.6) is 0 Å². The molecular weight excluding hydrogens is 432 g/mol. The van der Waals surface area contributed by atoms with Gasteiger partial charge in [0.1, 0.15) is 10.6 Å². The molecule has 0 aliphatic heterocycles. The molecule has 0 unspecified atom stereocenters. The normalized spacial score (nSPS) is 10.4. The zero-order chi connectivity index (χ0) is 22.2. The summed E-state index contributed by atoms with van der Waals surface area (Å²) in [5.41, 5.74) is 2.65. The molecule has 2 amide bonds. The van der Waals surface area contributed by atoms with E-state index in [0.29, 0.717) is 16.3 Å². The lowest BCUT2D eigenvalue weighted by Gasteiger charge is -2.09. The average Bonchev–Trinajstić information content (AvgIpc) is 3.16. The molecule has 3 rings (SSSR count). The molecule has 0 bridgehead atoms. The lowest BCUT2D eigenvalue weighted by molar-refractivity contribution is -0.114. The molecule has 0 aliphatic carbocycles. The van der Waals surface area contributed by atoms with Gasteiger partial charge in [-0.15, -0.1) is 23.1 Å². The van der Waals surface area contributed by atoms with E-state index < -0.39 is 5.97 Å². The number of ether oxygens (including phenoxy) is 1. The summed E-state index contributed by atoms with van der Waals surface area (Å²) in [7, 11) is 0. The van der Waals surface area contributed by atoms with Gasteiger partial charge < -0.3 is 15.4 Å². The molecule has 0 radical (unpaired) electrons. The van der Waals surface area contributed by atoms with Crippen molar-refractivity contribution < 1.29 is 19.1 Å². The van der Waals surface area contributed by atoms with E-state index in [4.69, 9.17) is 4.74 Å². The molecule has 1 aromatic heterocycles. The van der Waals surface area contributed by atoms with Crippen molar-refractivity contribution in [3.63, 3.8) is 0 Å². The van der Waals surface area contributed by atoms with E-state index in [2.05, 4.69) is 10.6 Å². The summed E-state index contributed by atoms with van der Waals surface area (Å²) in [6.07, 6.45) is 0. The Kier molecular flexibility index (Phi) is 7.86. The van der Waals surface area contributed by atoms with Gasteiger partial charge in [0.25, 0.3) is 0 Å². The summed E-state index contributed by atoms with van der Waals surface area (Å²) in [5, 5.41) is 7.88. The molecule has 0 aliphatic rings. The maximum absolute atomic E-state index is 12.6. The monoisotopic (exact) mass is 454 g/mol. The predicted molar refractivity (Wildman–Crippen MR) is 126 cm³/mol. The van der Waals surface area contributed by atoms with Crippen LogP contribution in [-0.4, -0.2) is 30.1 Å². The highest BCUT2D eigenvalue weighted by Gasteiger charge is 2.22. The van der Waals surface area contributed by atoms with Crippen LogP contribution in [0.1, 0.15) is 24.2 Å². The largest absolute Gasteiger partial charge is 0.462 e. The molecule has 0 fully saturated rings. The van der Waals surface area contributed by atoms with Crippen molar-refractivity contribution in [1.82, 2.24) is 0 Å². The molecule has 1 heterocycles. The Morgan fingerprint density at radius 1 is 1.03 bits per heavy atom. The standard InChI is InChI=1S/C23H22N2O4S2/c1-3-29-23(28)21-19(16-8-5-4-6-9-16)13-31-22(21)25-20(27)14-30-18-11-7-10-17(12-18)24-15(2)26/h4-13H,3,14H2,1-2H3,(H,24,26)(H,25,27). The number of benzene rings is 2. The Bertz CT molecular complexity index is 1080. The first-order chi connectivity index (χ1) is 15.0. The highest BCUT2D eigenvalue weighted by atomic mass is 32.2. The fourth-order valence-corrected chi connectivity index (χ4v) is 4.59. The number of nitrogens with one attached hydrogen (secondary N) is 2. The van der Waals surface area contributed by atoms with E-state index in [0.717, 1.165) is 16.0 Å². The van der Waals surface area contributed by atoms with Gasteiger partial charge in [-0.25, -0.2) is 4.79 Å². The number of anilines is 2. The van der Waals surface area contributed by atoms with Crippen molar-refractivity contribution in [2.45, 2.75) is 18.7 Å². The zero-order valence-corrected chi connectivity index (χ0v) is 18.8. The van der Waals surface area contributed by atoms with Crippen molar-refractivity contribution in [1.29, 1.82) is 0 Å². The summed E-state index contributed by atoms with van der Waals surface area (Å²) in [6, 6.07) is 16.8. The molecule has 0 spiro atoms. The number of hydrogen-bond acceptors (Lipinski definition) is 6. The van der Waals surface area contributed by atoms with Crippen molar-refractivity contribution in [3.8, 4) is 11.1 Å². The van der Waals surface area contributed by atoms with Crippen LogP contribution in [0.2, 0.25) is 0 Å². The van der Waals surface area contributed by atoms with Gasteiger partial charge >= 0.3 is 5.97 Å². The van der Waals surface area contributed by atoms with Crippen LogP contribution in [0.4, 0.5) is 10.7 Å². The molecule has 2 N–H and O–H groups in total. The van der Waals surface area contributed by atoms with Crippen molar-refractivity contribution in [2.24, 2.45) is 0 Å². The van der Waals surface area contributed by atoms with Gasteiger partial charge in [0, 0.05) is 28.5 Å². The third kappa shape index (κ3) is 6.19. The number of rotatable bonds is 8. The second kappa shape index (κ2) is 10.8. The summed E-state index contributed by atoms with van der Waals surface area (Å²) >= 11 is 2.64. The van der Waals surface area contributed by atoms with E-state index in [9.17, 15) is 14.4 Å². The van der Waals surface area contributed by atoms with Gasteiger partial charge in [0.15, 0.2) is 0 Å². The second-order valence-electron chi connectivity index (χ2n) is 6.49. The van der Waals surface area contributed by atoms with E-state index in [1.807, 2.05) is 53.9 Å². The molecule has 6 nitrogen and oxygen atoms in total. The number of hydrogen-bond donors (Lipinski definition) is 2. The fourth-order valence-electron chi connectivity index (χ4n) is 2.86. The Morgan fingerprint density at radius 3 is 2.52 bits per heavy atom. The first-order valence-corrected chi connectivity index (χ1v) is 11.5. The van der Waals surface area contributed by atoms with Crippen molar-refractivity contribution in [2.75, 3.05) is 23.0 Å². The highest BCUT2D eigenvalue weighted by Crippen LogP contribution is 2.36. The topological polar surface area (TPSA) is 84.5 Å². The van der Waals surface area contributed by atoms with E-state index >= 15 is 0 Å². The molecule has 0 atom stereocenters. The molecule has 0 saturated carbocycles. The molecule has 0 saturated heterocycles. The van der Waals surface area contributed by atoms with Gasteiger partial charge in [0.2, 0.25) is 11.8 Å². The Hall–Kier alpha value is -3.10.